The second-order valence-electron chi connectivity index (χ2n) is 7.17. The van der Waals surface area contributed by atoms with Crippen molar-refractivity contribution in [1.82, 2.24) is 19.7 Å². The van der Waals surface area contributed by atoms with Crippen LogP contribution in [0.25, 0.3) is 11.0 Å². The molecule has 3 rings (SSSR count). The first-order valence-electron chi connectivity index (χ1n) is 8.36. The number of nitrogens with zero attached hydrogens (tertiary/aromatic N) is 3. The Morgan fingerprint density at radius 2 is 1.85 bits per heavy atom. The summed E-state index contributed by atoms with van der Waals surface area (Å²) in [6.07, 6.45) is 0. The first-order valence-corrected chi connectivity index (χ1v) is 9.84. The number of carbonyl (C=O) groups is 1. The van der Waals surface area contributed by atoms with Gasteiger partial charge in [0.1, 0.15) is 12.1 Å². The second kappa shape index (κ2) is 7.09. The van der Waals surface area contributed by atoms with Crippen molar-refractivity contribution < 1.29 is 13.2 Å². The Balaban J connectivity index is 1.75. The third kappa shape index (κ3) is 4.69. The number of nitrogens with one attached hydrogen (secondary N) is 2. The number of carbonyl (C=O) groups excluding carboxylic acids is 1. The Bertz CT molecular complexity index is 1080. The molecule has 0 unspecified atom stereocenters. The van der Waals surface area contributed by atoms with Gasteiger partial charge in [-0.1, -0.05) is 23.4 Å². The maximum Gasteiger partial charge on any atom is 0.246 e. The van der Waals surface area contributed by atoms with E-state index in [4.69, 9.17) is 0 Å². The highest BCUT2D eigenvalue weighted by Gasteiger charge is 2.22. The van der Waals surface area contributed by atoms with E-state index >= 15 is 0 Å². The van der Waals surface area contributed by atoms with Gasteiger partial charge in [0.25, 0.3) is 0 Å². The van der Waals surface area contributed by atoms with Crippen LogP contribution in [0.4, 0.5) is 5.69 Å². The number of hydrogen-bond donors (Lipinski definition) is 2. The number of amides is 1. The van der Waals surface area contributed by atoms with Gasteiger partial charge < -0.3 is 5.32 Å². The molecule has 8 nitrogen and oxygen atoms in total. The van der Waals surface area contributed by atoms with Crippen LogP contribution in [-0.4, -0.2) is 34.9 Å². The Hall–Kier alpha value is -2.78. The summed E-state index contributed by atoms with van der Waals surface area (Å²) >= 11 is 0. The molecule has 0 saturated carbocycles. The number of benzene rings is 2. The van der Waals surface area contributed by atoms with Gasteiger partial charge in [0.05, 0.1) is 10.4 Å². The van der Waals surface area contributed by atoms with Crippen molar-refractivity contribution in [3.05, 3.63) is 48.5 Å². The molecule has 0 aliphatic rings. The van der Waals surface area contributed by atoms with Gasteiger partial charge in [0, 0.05) is 11.2 Å². The summed E-state index contributed by atoms with van der Waals surface area (Å²) in [7, 11) is -3.68. The molecule has 0 bridgehead atoms. The van der Waals surface area contributed by atoms with Crippen LogP contribution in [0.5, 0.6) is 0 Å². The standard InChI is InChI=1S/C18H21N5O3S/c1-18(2,3)21-27(25,26)14-8-6-7-13(11-14)19-17(24)12-23-16-10-5-4-9-15(16)20-22-23/h4-11,21H,12H2,1-3H3,(H,19,24). The summed E-state index contributed by atoms with van der Waals surface area (Å²) in [6, 6.07) is 13.4. The van der Waals surface area contributed by atoms with Gasteiger partial charge in [-0.05, 0) is 51.1 Å². The lowest BCUT2D eigenvalue weighted by Gasteiger charge is -2.20. The zero-order valence-corrected chi connectivity index (χ0v) is 16.1. The molecule has 9 heteroatoms. The van der Waals surface area contributed by atoms with Gasteiger partial charge in [-0.2, -0.15) is 0 Å². The Kier molecular flexibility index (Phi) is 4.99. The molecule has 0 spiro atoms. The van der Waals surface area contributed by atoms with Crippen molar-refractivity contribution in [3.8, 4) is 0 Å². The minimum Gasteiger partial charge on any atom is -0.324 e. The number of para-hydroxylation sites is 1. The van der Waals surface area contributed by atoms with Gasteiger partial charge >= 0.3 is 0 Å². The van der Waals surface area contributed by atoms with Gasteiger partial charge in [0.15, 0.2) is 0 Å². The molecule has 0 aliphatic heterocycles. The van der Waals surface area contributed by atoms with E-state index in [0.29, 0.717) is 11.2 Å². The van der Waals surface area contributed by atoms with Crippen molar-refractivity contribution in [1.29, 1.82) is 0 Å². The van der Waals surface area contributed by atoms with Crippen LogP contribution in [-0.2, 0) is 21.4 Å². The summed E-state index contributed by atoms with van der Waals surface area (Å²) in [6.45, 7) is 5.26. The number of hydrogen-bond acceptors (Lipinski definition) is 5. The Morgan fingerprint density at radius 1 is 1.11 bits per heavy atom. The number of rotatable bonds is 5. The molecule has 3 aromatic rings. The maximum atomic E-state index is 12.4. The van der Waals surface area contributed by atoms with Crippen molar-refractivity contribution in [2.75, 3.05) is 5.32 Å². The van der Waals surface area contributed by atoms with E-state index in [0.717, 1.165) is 5.52 Å². The van der Waals surface area contributed by atoms with Crippen molar-refractivity contribution in [2.45, 2.75) is 37.8 Å². The molecule has 0 saturated heterocycles. The van der Waals surface area contributed by atoms with Crippen molar-refractivity contribution in [2.24, 2.45) is 0 Å². The summed E-state index contributed by atoms with van der Waals surface area (Å²) < 4.78 is 29.0. The number of fused-ring (bicyclic) bond motifs is 1. The molecule has 27 heavy (non-hydrogen) atoms. The maximum absolute atomic E-state index is 12.4. The first-order chi connectivity index (χ1) is 12.6. The van der Waals surface area contributed by atoms with Crippen LogP contribution in [0.2, 0.25) is 0 Å². The average Bonchev–Trinajstić information content (AvgIpc) is 2.96. The number of anilines is 1. The largest absolute Gasteiger partial charge is 0.324 e. The molecule has 1 aromatic heterocycles. The fraction of sp³-hybridized carbons (Fsp3) is 0.278. The zero-order chi connectivity index (χ0) is 19.7. The predicted octanol–water partition coefficient (Wildman–Crippen LogP) is 2.15. The second-order valence-corrected chi connectivity index (χ2v) is 8.85. The minimum absolute atomic E-state index is 0.0300. The van der Waals surface area contributed by atoms with E-state index in [2.05, 4.69) is 20.4 Å². The monoisotopic (exact) mass is 387 g/mol. The fourth-order valence-electron chi connectivity index (χ4n) is 2.57. The van der Waals surface area contributed by atoms with Crippen LogP contribution >= 0.6 is 0 Å². The molecule has 0 atom stereocenters. The summed E-state index contributed by atoms with van der Waals surface area (Å²) in [5.74, 6) is -0.330. The SMILES string of the molecule is CC(C)(C)NS(=O)(=O)c1cccc(NC(=O)Cn2nnc3ccccc32)c1. The van der Waals surface area contributed by atoms with E-state index in [1.165, 1.54) is 16.8 Å². The van der Waals surface area contributed by atoms with Gasteiger partial charge in [-0.3, -0.25) is 4.79 Å². The molecule has 0 fully saturated rings. The molecule has 2 N–H and O–H groups in total. The fourth-order valence-corrected chi connectivity index (χ4v) is 4.04. The lowest BCUT2D eigenvalue weighted by atomic mass is 10.1. The van der Waals surface area contributed by atoms with Crippen LogP contribution in [0.15, 0.2) is 53.4 Å². The molecule has 1 amide bonds. The molecule has 2 aromatic carbocycles. The average molecular weight is 387 g/mol. The summed E-state index contributed by atoms with van der Waals surface area (Å²) in [4.78, 5) is 12.4. The quantitative estimate of drug-likeness (QED) is 0.698. The Morgan fingerprint density at radius 3 is 2.59 bits per heavy atom. The van der Waals surface area contributed by atoms with Gasteiger partial charge in [-0.25, -0.2) is 17.8 Å². The van der Waals surface area contributed by atoms with E-state index in [9.17, 15) is 13.2 Å². The van der Waals surface area contributed by atoms with Crippen LogP contribution in [0.1, 0.15) is 20.8 Å². The predicted molar refractivity (Wildman–Crippen MR) is 103 cm³/mol. The van der Waals surface area contributed by atoms with E-state index in [1.54, 1.807) is 32.9 Å². The third-order valence-electron chi connectivity index (χ3n) is 3.58. The topological polar surface area (TPSA) is 106 Å². The smallest absolute Gasteiger partial charge is 0.246 e. The van der Waals surface area contributed by atoms with Gasteiger partial charge in [-0.15, -0.1) is 5.10 Å². The number of sulfonamides is 1. The van der Waals surface area contributed by atoms with E-state index < -0.39 is 15.6 Å². The molecule has 142 valence electrons. The third-order valence-corrected chi connectivity index (χ3v) is 5.34. The Labute approximate surface area is 157 Å². The lowest BCUT2D eigenvalue weighted by molar-refractivity contribution is -0.116. The highest BCUT2D eigenvalue weighted by atomic mass is 32.2. The molecular formula is C18H21N5O3S. The molecule has 0 aliphatic carbocycles. The van der Waals surface area contributed by atoms with E-state index in [-0.39, 0.29) is 17.3 Å². The lowest BCUT2D eigenvalue weighted by Crippen LogP contribution is -2.40. The summed E-state index contributed by atoms with van der Waals surface area (Å²) in [5.41, 5.74) is 1.23. The van der Waals surface area contributed by atoms with E-state index in [1.807, 2.05) is 24.3 Å². The highest BCUT2D eigenvalue weighted by Crippen LogP contribution is 2.18. The van der Waals surface area contributed by atoms with Crippen molar-refractivity contribution in [3.63, 3.8) is 0 Å². The first kappa shape index (κ1) is 19.0. The highest BCUT2D eigenvalue weighted by molar-refractivity contribution is 7.89. The van der Waals surface area contributed by atoms with Crippen LogP contribution in [0.3, 0.4) is 0 Å². The van der Waals surface area contributed by atoms with Crippen LogP contribution in [0, 0.1) is 0 Å². The normalized spacial score (nSPS) is 12.3. The molecular weight excluding hydrogens is 366 g/mol. The minimum atomic E-state index is -3.68. The summed E-state index contributed by atoms with van der Waals surface area (Å²) in [5, 5.41) is 10.7. The number of aromatic nitrogens is 3. The molecule has 0 radical (unpaired) electrons. The van der Waals surface area contributed by atoms with Crippen molar-refractivity contribution >= 4 is 32.7 Å². The molecule has 1 heterocycles. The zero-order valence-electron chi connectivity index (χ0n) is 15.3. The van der Waals surface area contributed by atoms with Crippen LogP contribution < -0.4 is 10.0 Å². The van der Waals surface area contributed by atoms with Gasteiger partial charge in [0.2, 0.25) is 15.9 Å².